The van der Waals surface area contributed by atoms with Crippen molar-refractivity contribution < 1.29 is 13.9 Å². The molecule has 0 radical (unpaired) electrons. The van der Waals surface area contributed by atoms with E-state index in [2.05, 4.69) is 0 Å². The summed E-state index contributed by atoms with van der Waals surface area (Å²) in [7, 11) is 0. The molecule has 2 nitrogen and oxygen atoms in total. The summed E-state index contributed by atoms with van der Waals surface area (Å²) in [6.45, 7) is 0. The number of aliphatic hydroxyl groups is 1. The Labute approximate surface area is 74.0 Å². The van der Waals surface area contributed by atoms with Crippen molar-refractivity contribution in [2.75, 3.05) is 0 Å². The van der Waals surface area contributed by atoms with Crippen LogP contribution >= 0.6 is 0 Å². The minimum Gasteiger partial charge on any atom is -0.378 e. The van der Waals surface area contributed by atoms with Gasteiger partial charge in [0.25, 0.3) is 0 Å². The number of nitriles is 1. The van der Waals surface area contributed by atoms with Gasteiger partial charge in [0.05, 0.1) is 6.07 Å². The molecule has 0 fully saturated rings. The monoisotopic (exact) mass is 183 g/mol. The first-order chi connectivity index (χ1) is 6.13. The van der Waals surface area contributed by atoms with E-state index in [-0.39, 0.29) is 6.42 Å². The first-order valence-electron chi connectivity index (χ1n) is 3.65. The zero-order chi connectivity index (χ0) is 9.84. The molecule has 13 heavy (non-hydrogen) atoms. The van der Waals surface area contributed by atoms with Crippen LogP contribution < -0.4 is 0 Å². The van der Waals surface area contributed by atoms with Gasteiger partial charge in [-0.15, -0.1) is 0 Å². The average molecular weight is 183 g/mol. The third-order valence-corrected chi connectivity index (χ3v) is 1.56. The van der Waals surface area contributed by atoms with Gasteiger partial charge in [-0.3, -0.25) is 0 Å². The number of halogens is 2. The van der Waals surface area contributed by atoms with Gasteiger partial charge in [0.1, 0.15) is 6.10 Å². The number of aliphatic hydroxyl groups excluding tert-OH is 1. The Kier molecular flexibility index (Phi) is 2.93. The molecule has 1 N–H and O–H groups in total. The Bertz CT molecular complexity index is 346. The van der Waals surface area contributed by atoms with Crippen molar-refractivity contribution in [1.29, 1.82) is 5.26 Å². The summed E-state index contributed by atoms with van der Waals surface area (Å²) < 4.78 is 25.0. The molecule has 0 saturated heterocycles. The van der Waals surface area contributed by atoms with Crippen molar-refractivity contribution in [3.05, 3.63) is 35.4 Å². The molecule has 0 aliphatic heterocycles. The van der Waals surface area contributed by atoms with Crippen molar-refractivity contribution in [2.24, 2.45) is 0 Å². The van der Waals surface area contributed by atoms with Crippen LogP contribution in [0.2, 0.25) is 0 Å². The van der Waals surface area contributed by atoms with E-state index < -0.39 is 17.7 Å². The van der Waals surface area contributed by atoms with Gasteiger partial charge < -0.3 is 5.11 Å². The minimum atomic E-state index is -1.18. The van der Waals surface area contributed by atoms with Crippen LogP contribution in [0.3, 0.4) is 0 Å². The lowest BCUT2D eigenvalue weighted by Gasteiger charge is -2.02. The van der Waals surface area contributed by atoms with E-state index in [4.69, 9.17) is 10.4 Å². The number of rotatable bonds is 2. The number of nitrogens with zero attached hydrogens (tertiary/aromatic N) is 1. The van der Waals surface area contributed by atoms with Crippen LogP contribution in [0.1, 0.15) is 5.56 Å². The molecule has 4 heteroatoms. The van der Waals surface area contributed by atoms with E-state index in [1.54, 1.807) is 6.07 Å². The molecular weight excluding hydrogens is 176 g/mol. The van der Waals surface area contributed by atoms with E-state index in [0.29, 0.717) is 5.56 Å². The largest absolute Gasteiger partial charge is 0.378 e. The van der Waals surface area contributed by atoms with Crippen LogP contribution in [0.15, 0.2) is 18.2 Å². The summed E-state index contributed by atoms with van der Waals surface area (Å²) in [6.07, 6.45) is -1.17. The standard InChI is InChI=1S/C9H7F2NO/c10-8-2-1-6(4-9(8)11)3-7(13)5-12/h1-2,4,7,13H,3H2. The first-order valence-corrected chi connectivity index (χ1v) is 3.65. The Morgan fingerprint density at radius 1 is 1.38 bits per heavy atom. The Balaban J connectivity index is 2.81. The van der Waals surface area contributed by atoms with Gasteiger partial charge in [-0.1, -0.05) is 6.07 Å². The average Bonchev–Trinajstić information content (AvgIpc) is 2.11. The van der Waals surface area contributed by atoms with E-state index in [1.807, 2.05) is 0 Å². The lowest BCUT2D eigenvalue weighted by atomic mass is 10.1. The van der Waals surface area contributed by atoms with Crippen LogP contribution in [0.4, 0.5) is 8.78 Å². The molecule has 1 aromatic carbocycles. The third-order valence-electron chi connectivity index (χ3n) is 1.56. The summed E-state index contributed by atoms with van der Waals surface area (Å²) >= 11 is 0. The fraction of sp³-hybridized carbons (Fsp3) is 0.222. The Morgan fingerprint density at radius 3 is 2.62 bits per heavy atom. The molecule has 0 aromatic heterocycles. The summed E-state index contributed by atoms with van der Waals surface area (Å²) in [5, 5.41) is 17.1. The first kappa shape index (κ1) is 9.62. The lowest BCUT2D eigenvalue weighted by molar-refractivity contribution is 0.230. The molecule has 1 unspecified atom stereocenters. The van der Waals surface area contributed by atoms with Crippen LogP contribution in [0, 0.1) is 23.0 Å². The second-order valence-electron chi connectivity index (χ2n) is 2.60. The molecule has 0 amide bonds. The molecule has 0 aliphatic rings. The molecule has 0 spiro atoms. The maximum Gasteiger partial charge on any atom is 0.159 e. The van der Waals surface area contributed by atoms with Crippen LogP contribution in [0.5, 0.6) is 0 Å². The molecule has 0 bridgehead atoms. The van der Waals surface area contributed by atoms with E-state index in [0.717, 1.165) is 12.1 Å². The fourth-order valence-corrected chi connectivity index (χ4v) is 0.936. The van der Waals surface area contributed by atoms with Gasteiger partial charge in [-0.05, 0) is 17.7 Å². The maximum absolute atomic E-state index is 12.6. The molecule has 68 valence electrons. The number of hydrogen-bond acceptors (Lipinski definition) is 2. The van der Waals surface area contributed by atoms with Gasteiger partial charge in [0.15, 0.2) is 11.6 Å². The second-order valence-corrected chi connectivity index (χ2v) is 2.60. The molecule has 0 saturated carbocycles. The van der Waals surface area contributed by atoms with E-state index >= 15 is 0 Å². The number of hydrogen-bond donors (Lipinski definition) is 1. The van der Waals surface area contributed by atoms with Crippen molar-refractivity contribution in [2.45, 2.75) is 12.5 Å². The van der Waals surface area contributed by atoms with Gasteiger partial charge in [-0.25, -0.2) is 8.78 Å². The quantitative estimate of drug-likeness (QED) is 0.704. The van der Waals surface area contributed by atoms with Gasteiger partial charge in [0.2, 0.25) is 0 Å². The van der Waals surface area contributed by atoms with Crippen LogP contribution in [0.25, 0.3) is 0 Å². The smallest absolute Gasteiger partial charge is 0.159 e. The Morgan fingerprint density at radius 2 is 2.08 bits per heavy atom. The molecular formula is C9H7F2NO. The highest BCUT2D eigenvalue weighted by Crippen LogP contribution is 2.10. The molecule has 1 atom stereocenters. The number of benzene rings is 1. The molecule has 1 aromatic rings. The highest BCUT2D eigenvalue weighted by molar-refractivity contribution is 5.19. The molecule has 0 heterocycles. The summed E-state index contributed by atoms with van der Waals surface area (Å²) in [5.74, 6) is -1.90. The predicted molar refractivity (Wildman–Crippen MR) is 41.7 cm³/mol. The Hall–Kier alpha value is -1.47. The predicted octanol–water partition coefficient (Wildman–Crippen LogP) is 1.39. The zero-order valence-electron chi connectivity index (χ0n) is 6.67. The van der Waals surface area contributed by atoms with E-state index in [9.17, 15) is 8.78 Å². The van der Waals surface area contributed by atoms with Crippen molar-refractivity contribution in [3.63, 3.8) is 0 Å². The highest BCUT2D eigenvalue weighted by Gasteiger charge is 2.06. The van der Waals surface area contributed by atoms with Crippen LogP contribution in [-0.2, 0) is 6.42 Å². The third kappa shape index (κ3) is 2.49. The summed E-state index contributed by atoms with van der Waals surface area (Å²) in [6, 6.07) is 4.85. The normalized spacial score (nSPS) is 12.2. The van der Waals surface area contributed by atoms with Gasteiger partial charge in [0, 0.05) is 6.42 Å². The zero-order valence-corrected chi connectivity index (χ0v) is 6.67. The maximum atomic E-state index is 12.6. The molecule has 0 aliphatic carbocycles. The topological polar surface area (TPSA) is 44.0 Å². The second kappa shape index (κ2) is 3.97. The van der Waals surface area contributed by atoms with E-state index in [1.165, 1.54) is 6.07 Å². The highest BCUT2D eigenvalue weighted by atomic mass is 19.2. The SMILES string of the molecule is N#CC(O)Cc1ccc(F)c(F)c1. The van der Waals surface area contributed by atoms with Crippen molar-refractivity contribution in [1.82, 2.24) is 0 Å². The fourth-order valence-electron chi connectivity index (χ4n) is 0.936. The minimum absolute atomic E-state index is 0.00764. The van der Waals surface area contributed by atoms with Gasteiger partial charge in [-0.2, -0.15) is 5.26 Å². The van der Waals surface area contributed by atoms with Crippen molar-refractivity contribution in [3.8, 4) is 6.07 Å². The summed E-state index contributed by atoms with van der Waals surface area (Å²) in [5.41, 5.74) is 0.396. The van der Waals surface area contributed by atoms with Crippen LogP contribution in [-0.4, -0.2) is 11.2 Å². The van der Waals surface area contributed by atoms with Crippen molar-refractivity contribution >= 4 is 0 Å². The molecule has 1 rings (SSSR count). The lowest BCUT2D eigenvalue weighted by Crippen LogP contribution is -2.07. The summed E-state index contributed by atoms with van der Waals surface area (Å²) in [4.78, 5) is 0. The van der Waals surface area contributed by atoms with Gasteiger partial charge >= 0.3 is 0 Å².